The van der Waals surface area contributed by atoms with Crippen LogP contribution in [0.4, 0.5) is 0 Å². The first kappa shape index (κ1) is 5.37. The molecule has 2 nitrogen and oxygen atoms in total. The molecule has 0 aliphatic carbocycles. The van der Waals surface area contributed by atoms with Crippen molar-refractivity contribution in [3.8, 4) is 0 Å². The Bertz CT molecular complexity index is 78.2. The topological polar surface area (TPSA) is 24.7 Å². The molecule has 0 N–H and O–H groups in total. The zero-order valence-electron chi connectivity index (χ0n) is 2.61. The molecule has 0 aromatic carbocycles. The van der Waals surface area contributed by atoms with Gasteiger partial charge in [0.15, 0.2) is 8.52 Å². The monoisotopic (exact) mass is 248 g/mol. The molecular formula is IN2P3. The Morgan fingerprint density at radius 1 is 1.33 bits per heavy atom. The summed E-state index contributed by atoms with van der Waals surface area (Å²) in [7, 11) is 0.951. The SMILES string of the molecule is N1=PN=PI=P1. The van der Waals surface area contributed by atoms with Crippen molar-refractivity contribution in [3.05, 3.63) is 0 Å². The molecule has 0 radical (unpaired) electrons. The standard InChI is InChI=1S/IN2P3/c1-4-2-6-3-5-1. The van der Waals surface area contributed by atoms with Gasteiger partial charge in [-0.2, -0.15) is 9.03 Å². The fraction of sp³-hybridized carbons (Fsp3) is 0. The van der Waals surface area contributed by atoms with Crippen molar-refractivity contribution in [1.29, 1.82) is 0 Å². The van der Waals surface area contributed by atoms with Gasteiger partial charge in [0.05, 0.1) is 11.9 Å². The van der Waals surface area contributed by atoms with Crippen molar-refractivity contribution in [2.45, 2.75) is 0 Å². The second kappa shape index (κ2) is 3.26. The highest BCUT2D eigenvalue weighted by molar-refractivity contribution is 14.2. The largest absolute Gasteiger partial charge is 0.180 e. The van der Waals surface area contributed by atoms with Crippen LogP contribution < -0.4 is 0 Å². The van der Waals surface area contributed by atoms with Gasteiger partial charge in [-0.15, -0.1) is 0 Å². The lowest BCUT2D eigenvalue weighted by Crippen LogP contribution is -1.13. The zero-order chi connectivity index (χ0) is 4.24. The van der Waals surface area contributed by atoms with Crippen LogP contribution in [0.3, 0.4) is 0 Å². The summed E-state index contributed by atoms with van der Waals surface area (Å²) in [5.41, 5.74) is 0. The fourth-order valence-electron chi connectivity index (χ4n) is 0.0935. The molecule has 0 aromatic heterocycles. The molecule has 0 saturated carbocycles. The van der Waals surface area contributed by atoms with Crippen LogP contribution in [0.15, 0.2) is 9.03 Å². The Balaban J connectivity index is 2.77. The smallest absolute Gasteiger partial charge is 0.163 e. The average Bonchev–Trinajstić information content (AvgIpc) is 1.72. The summed E-state index contributed by atoms with van der Waals surface area (Å²) in [4.78, 5) is 0. The first-order valence-corrected chi connectivity index (χ1v) is 9.20. The summed E-state index contributed by atoms with van der Waals surface area (Å²) in [6.45, 7) is 0. The number of hydrogen-bond donors (Lipinski definition) is 0. The van der Waals surface area contributed by atoms with Crippen molar-refractivity contribution in [3.63, 3.8) is 0 Å². The lowest BCUT2D eigenvalue weighted by Gasteiger charge is -1.71. The van der Waals surface area contributed by atoms with Crippen LogP contribution in [0.5, 0.6) is 0 Å². The Morgan fingerprint density at radius 2 is 2.33 bits per heavy atom. The van der Waals surface area contributed by atoms with E-state index in [0.717, 1.165) is 8.52 Å². The maximum atomic E-state index is 4.00. The summed E-state index contributed by atoms with van der Waals surface area (Å²) in [6.07, 6.45) is 0. The third-order valence-electron chi connectivity index (χ3n) is 0.215. The molecule has 1 aliphatic heterocycles. The van der Waals surface area contributed by atoms with Crippen LogP contribution in [0.1, 0.15) is 0 Å². The Labute approximate surface area is 49.1 Å². The summed E-state index contributed by atoms with van der Waals surface area (Å²) < 4.78 is 7.99. The van der Waals surface area contributed by atoms with E-state index in [4.69, 9.17) is 0 Å². The van der Waals surface area contributed by atoms with E-state index in [-0.39, 0.29) is 0 Å². The Kier molecular flexibility index (Phi) is 2.92. The molecule has 0 aromatic rings. The molecular weight excluding hydrogens is 248 g/mol. The van der Waals surface area contributed by atoms with Crippen LogP contribution in [-0.2, 0) is 0 Å². The molecule has 1 rings (SSSR count). The summed E-state index contributed by atoms with van der Waals surface area (Å²) in [6, 6.07) is 1.31. The molecule has 0 saturated heterocycles. The van der Waals surface area contributed by atoms with Crippen molar-refractivity contribution in [2.75, 3.05) is 0 Å². The molecule has 0 unspecified atom stereocenters. The van der Waals surface area contributed by atoms with Crippen LogP contribution in [0.25, 0.3) is 0 Å². The second-order valence-electron chi connectivity index (χ2n) is 0.495. The number of rotatable bonds is 0. The van der Waals surface area contributed by atoms with Gasteiger partial charge in [0, 0.05) is 19.6 Å². The quantitative estimate of drug-likeness (QED) is 0.459. The highest BCUT2D eigenvalue weighted by Gasteiger charge is 1.72. The second-order valence-corrected chi connectivity index (χ2v) is 9.48. The summed E-state index contributed by atoms with van der Waals surface area (Å²) >= 11 is 0.319. The molecule has 6 heavy (non-hydrogen) atoms. The van der Waals surface area contributed by atoms with E-state index in [0.29, 0.717) is 19.6 Å². The van der Waals surface area contributed by atoms with Crippen molar-refractivity contribution in [2.24, 2.45) is 9.03 Å². The molecule has 0 fully saturated rings. The third kappa shape index (κ3) is 1.79. The van der Waals surface area contributed by atoms with Crippen LogP contribution >= 0.6 is 40.0 Å². The molecule has 0 amide bonds. The van der Waals surface area contributed by atoms with E-state index in [1.165, 1.54) is 11.9 Å². The third-order valence-corrected chi connectivity index (χ3v) is 8.88. The van der Waals surface area contributed by atoms with Crippen LogP contribution in [0, 0.1) is 0 Å². The number of nitrogens with zero attached hydrogens (tertiary/aromatic N) is 2. The maximum absolute atomic E-state index is 4.00. The van der Waals surface area contributed by atoms with E-state index in [9.17, 15) is 0 Å². The van der Waals surface area contributed by atoms with Crippen molar-refractivity contribution < 1.29 is 0 Å². The lowest BCUT2D eigenvalue weighted by molar-refractivity contribution is 1.98. The van der Waals surface area contributed by atoms with Crippen LogP contribution in [-0.4, -0.2) is 0 Å². The van der Waals surface area contributed by atoms with E-state index in [1.807, 2.05) is 0 Å². The minimum absolute atomic E-state index is 0.319. The molecule has 0 atom stereocenters. The first-order chi connectivity index (χ1) is 3.00. The highest BCUT2D eigenvalue weighted by Crippen LogP contribution is 2.40. The normalized spacial score (nSPS) is 25.3. The molecule has 32 valence electrons. The summed E-state index contributed by atoms with van der Waals surface area (Å²) in [5.74, 6) is 1.31. The van der Waals surface area contributed by atoms with E-state index in [2.05, 4.69) is 9.03 Å². The Hall–Kier alpha value is 1.23. The van der Waals surface area contributed by atoms with Crippen molar-refractivity contribution in [1.82, 2.24) is 0 Å². The number of halogens is 1. The molecule has 1 heterocycles. The lowest BCUT2D eigenvalue weighted by atomic mass is 13.9. The van der Waals surface area contributed by atoms with Gasteiger partial charge < -0.3 is 0 Å². The van der Waals surface area contributed by atoms with E-state index in [1.54, 1.807) is 0 Å². The average molecular weight is 248 g/mol. The molecule has 1 aliphatic rings. The van der Waals surface area contributed by atoms with Gasteiger partial charge in [-0.25, -0.2) is 0 Å². The first-order valence-electron chi connectivity index (χ1n) is 1.14. The van der Waals surface area contributed by atoms with E-state index < -0.39 is 0 Å². The Morgan fingerprint density at radius 3 is 2.50 bits per heavy atom. The predicted molar refractivity (Wildman–Crippen MR) is 39.6 cm³/mol. The molecule has 6 heteroatoms. The number of hydrogen-bond acceptors (Lipinski definition) is 2. The van der Waals surface area contributed by atoms with Gasteiger partial charge in [0.25, 0.3) is 0 Å². The molecule has 0 spiro atoms. The van der Waals surface area contributed by atoms with Gasteiger partial charge in [0.2, 0.25) is 0 Å². The minimum Gasteiger partial charge on any atom is -0.180 e. The highest BCUT2D eigenvalue weighted by atomic mass is 127. The van der Waals surface area contributed by atoms with Gasteiger partial charge >= 0.3 is 0 Å². The predicted octanol–water partition coefficient (Wildman–Crippen LogP) is 3.84. The van der Waals surface area contributed by atoms with E-state index >= 15 is 0 Å². The fourth-order valence-corrected chi connectivity index (χ4v) is 8.70. The zero-order valence-corrected chi connectivity index (χ0v) is 7.45. The maximum Gasteiger partial charge on any atom is 0.163 e. The minimum atomic E-state index is 0.319. The van der Waals surface area contributed by atoms with Gasteiger partial charge in [-0.3, -0.25) is 0 Å². The molecule has 0 bridgehead atoms. The summed E-state index contributed by atoms with van der Waals surface area (Å²) in [5, 5.41) is 0. The van der Waals surface area contributed by atoms with Gasteiger partial charge in [0.1, 0.15) is 0 Å². The van der Waals surface area contributed by atoms with Gasteiger partial charge in [-0.1, -0.05) is 0 Å². The van der Waals surface area contributed by atoms with Gasteiger partial charge in [-0.05, 0) is 0 Å². The van der Waals surface area contributed by atoms with Crippen molar-refractivity contribution >= 4 is 40.0 Å². The van der Waals surface area contributed by atoms with Crippen LogP contribution in [0.2, 0.25) is 0 Å².